The molecule has 21 heavy (non-hydrogen) atoms. The zero-order valence-corrected chi connectivity index (χ0v) is 13.6. The van der Waals surface area contributed by atoms with Crippen LogP contribution >= 0.6 is 0 Å². The number of hydrogen-bond donors (Lipinski definition) is 1. The Balaban J connectivity index is 2.22. The van der Waals surface area contributed by atoms with Crippen LogP contribution < -0.4 is 10.6 Å². The van der Waals surface area contributed by atoms with Gasteiger partial charge in [0, 0.05) is 18.8 Å². The lowest BCUT2D eigenvalue weighted by molar-refractivity contribution is 0.191. The van der Waals surface area contributed by atoms with Crippen LogP contribution in [0.3, 0.4) is 0 Å². The Morgan fingerprint density at radius 1 is 1.33 bits per heavy atom. The summed E-state index contributed by atoms with van der Waals surface area (Å²) in [5.41, 5.74) is 7.13. The summed E-state index contributed by atoms with van der Waals surface area (Å²) < 4.78 is 13.6. The number of anilines is 1. The van der Waals surface area contributed by atoms with E-state index in [0.717, 1.165) is 36.9 Å². The van der Waals surface area contributed by atoms with Gasteiger partial charge in [-0.3, -0.25) is 0 Å². The molecule has 0 aromatic heterocycles. The standard InChI is InChI=1S/C18H29FN2/c1-4-21(17-7-5-6-16(19)12-17)18(13-20)10-8-15(9-11-18)14(2)3/h5-7,12,14-15H,4,8-11,13,20H2,1-3H3. The first kappa shape index (κ1) is 16.3. The average molecular weight is 292 g/mol. The molecule has 0 radical (unpaired) electrons. The Bertz CT molecular complexity index is 450. The zero-order valence-electron chi connectivity index (χ0n) is 13.6. The molecular weight excluding hydrogens is 263 g/mol. The molecule has 1 fully saturated rings. The molecule has 3 heteroatoms. The van der Waals surface area contributed by atoms with Gasteiger partial charge in [0.25, 0.3) is 0 Å². The van der Waals surface area contributed by atoms with Crippen LogP contribution in [0.15, 0.2) is 24.3 Å². The molecule has 0 heterocycles. The molecule has 1 aromatic rings. The Labute approximate surface area is 128 Å². The highest BCUT2D eigenvalue weighted by Gasteiger charge is 2.39. The summed E-state index contributed by atoms with van der Waals surface area (Å²) in [4.78, 5) is 2.33. The summed E-state index contributed by atoms with van der Waals surface area (Å²) in [6, 6.07) is 6.92. The number of nitrogens with zero attached hydrogens (tertiary/aromatic N) is 1. The number of halogens is 1. The minimum atomic E-state index is -0.172. The molecule has 1 aromatic carbocycles. The first-order chi connectivity index (χ1) is 10.0. The van der Waals surface area contributed by atoms with Crippen molar-refractivity contribution < 1.29 is 4.39 Å². The van der Waals surface area contributed by atoms with Crippen LogP contribution in [0.5, 0.6) is 0 Å². The van der Waals surface area contributed by atoms with Gasteiger partial charge < -0.3 is 10.6 Å². The summed E-state index contributed by atoms with van der Waals surface area (Å²) in [5, 5.41) is 0. The van der Waals surface area contributed by atoms with E-state index in [9.17, 15) is 4.39 Å². The molecule has 0 aliphatic heterocycles. The van der Waals surface area contributed by atoms with Crippen LogP contribution in [0.4, 0.5) is 10.1 Å². The van der Waals surface area contributed by atoms with Gasteiger partial charge in [0.1, 0.15) is 5.82 Å². The molecule has 1 saturated carbocycles. The Hall–Kier alpha value is -1.09. The molecule has 0 bridgehead atoms. The smallest absolute Gasteiger partial charge is 0.125 e. The number of hydrogen-bond acceptors (Lipinski definition) is 2. The minimum Gasteiger partial charge on any atom is -0.365 e. The van der Waals surface area contributed by atoms with Gasteiger partial charge in [-0.2, -0.15) is 0 Å². The lowest BCUT2D eigenvalue weighted by Gasteiger charge is -2.49. The van der Waals surface area contributed by atoms with E-state index in [1.165, 1.54) is 18.9 Å². The highest BCUT2D eigenvalue weighted by atomic mass is 19.1. The Kier molecular flexibility index (Phi) is 5.26. The normalized spacial score (nSPS) is 26.1. The Morgan fingerprint density at radius 3 is 2.48 bits per heavy atom. The maximum Gasteiger partial charge on any atom is 0.125 e. The zero-order chi connectivity index (χ0) is 15.5. The van der Waals surface area contributed by atoms with Crippen LogP contribution in [-0.2, 0) is 0 Å². The number of rotatable bonds is 5. The highest BCUT2D eigenvalue weighted by molar-refractivity contribution is 5.49. The molecule has 0 spiro atoms. The van der Waals surface area contributed by atoms with Crippen molar-refractivity contribution >= 4 is 5.69 Å². The van der Waals surface area contributed by atoms with Crippen molar-refractivity contribution in [2.24, 2.45) is 17.6 Å². The maximum atomic E-state index is 13.6. The van der Waals surface area contributed by atoms with Crippen LogP contribution in [-0.4, -0.2) is 18.6 Å². The average Bonchev–Trinajstić information content (AvgIpc) is 2.48. The second kappa shape index (κ2) is 6.78. The van der Waals surface area contributed by atoms with Gasteiger partial charge >= 0.3 is 0 Å². The maximum absolute atomic E-state index is 13.6. The van der Waals surface area contributed by atoms with Gasteiger partial charge in [0.05, 0.1) is 5.54 Å². The van der Waals surface area contributed by atoms with Gasteiger partial charge in [0.2, 0.25) is 0 Å². The van der Waals surface area contributed by atoms with Crippen molar-refractivity contribution in [2.45, 2.75) is 52.0 Å². The minimum absolute atomic E-state index is 0.00602. The third-order valence-electron chi connectivity index (χ3n) is 5.29. The van der Waals surface area contributed by atoms with Crippen molar-refractivity contribution in [3.8, 4) is 0 Å². The van der Waals surface area contributed by atoms with Crippen molar-refractivity contribution in [1.82, 2.24) is 0 Å². The van der Waals surface area contributed by atoms with E-state index in [4.69, 9.17) is 5.73 Å². The fraction of sp³-hybridized carbons (Fsp3) is 0.667. The molecule has 0 unspecified atom stereocenters. The quantitative estimate of drug-likeness (QED) is 0.881. The topological polar surface area (TPSA) is 29.3 Å². The van der Waals surface area contributed by atoms with E-state index in [0.29, 0.717) is 6.54 Å². The first-order valence-electron chi connectivity index (χ1n) is 8.25. The molecule has 118 valence electrons. The summed E-state index contributed by atoms with van der Waals surface area (Å²) in [6.07, 6.45) is 4.66. The lowest BCUT2D eigenvalue weighted by atomic mass is 9.72. The fourth-order valence-electron chi connectivity index (χ4n) is 3.86. The molecule has 0 amide bonds. The van der Waals surface area contributed by atoms with Gasteiger partial charge in [-0.15, -0.1) is 0 Å². The van der Waals surface area contributed by atoms with E-state index in [2.05, 4.69) is 25.7 Å². The second-order valence-corrected chi connectivity index (χ2v) is 6.73. The van der Waals surface area contributed by atoms with Crippen LogP contribution in [0.1, 0.15) is 46.5 Å². The summed E-state index contributed by atoms with van der Waals surface area (Å²) in [5.74, 6) is 1.37. The predicted octanol–water partition coefficient (Wildman–Crippen LogP) is 4.20. The number of likely N-dealkylation sites (N-methyl/N-ethyl adjacent to an activating group) is 1. The second-order valence-electron chi connectivity index (χ2n) is 6.73. The molecule has 2 N–H and O–H groups in total. The van der Waals surface area contributed by atoms with Crippen molar-refractivity contribution in [2.75, 3.05) is 18.0 Å². The van der Waals surface area contributed by atoms with Crippen molar-refractivity contribution in [3.63, 3.8) is 0 Å². The Morgan fingerprint density at radius 2 is 2.00 bits per heavy atom. The number of nitrogens with two attached hydrogens (primary N) is 1. The van der Waals surface area contributed by atoms with Crippen LogP contribution in [0.2, 0.25) is 0 Å². The molecule has 1 aliphatic carbocycles. The van der Waals surface area contributed by atoms with E-state index in [-0.39, 0.29) is 11.4 Å². The molecule has 0 atom stereocenters. The van der Waals surface area contributed by atoms with Gasteiger partial charge in [-0.1, -0.05) is 19.9 Å². The molecular formula is C18H29FN2. The fourth-order valence-corrected chi connectivity index (χ4v) is 3.86. The van der Waals surface area contributed by atoms with Gasteiger partial charge in [-0.05, 0) is 62.6 Å². The summed E-state index contributed by atoms with van der Waals surface area (Å²) in [6.45, 7) is 8.26. The van der Waals surface area contributed by atoms with E-state index in [1.807, 2.05) is 6.07 Å². The highest BCUT2D eigenvalue weighted by Crippen LogP contribution is 2.40. The lowest BCUT2D eigenvalue weighted by Crippen LogP contribution is -2.56. The van der Waals surface area contributed by atoms with E-state index < -0.39 is 0 Å². The SMILES string of the molecule is CCN(c1cccc(F)c1)C1(CN)CCC(C(C)C)CC1. The largest absolute Gasteiger partial charge is 0.365 e. The first-order valence-corrected chi connectivity index (χ1v) is 8.25. The van der Waals surface area contributed by atoms with Gasteiger partial charge in [-0.25, -0.2) is 4.39 Å². The molecule has 2 nitrogen and oxygen atoms in total. The van der Waals surface area contributed by atoms with Crippen molar-refractivity contribution in [1.29, 1.82) is 0 Å². The van der Waals surface area contributed by atoms with Crippen molar-refractivity contribution in [3.05, 3.63) is 30.1 Å². The summed E-state index contributed by atoms with van der Waals surface area (Å²) in [7, 11) is 0. The van der Waals surface area contributed by atoms with Crippen LogP contribution in [0, 0.1) is 17.7 Å². The predicted molar refractivity (Wildman–Crippen MR) is 88.0 cm³/mol. The molecule has 0 saturated heterocycles. The third kappa shape index (κ3) is 3.39. The molecule has 1 aliphatic rings. The molecule has 2 rings (SSSR count). The number of benzene rings is 1. The van der Waals surface area contributed by atoms with E-state index in [1.54, 1.807) is 12.1 Å². The van der Waals surface area contributed by atoms with E-state index >= 15 is 0 Å². The van der Waals surface area contributed by atoms with Crippen LogP contribution in [0.25, 0.3) is 0 Å². The van der Waals surface area contributed by atoms with Gasteiger partial charge in [0.15, 0.2) is 0 Å². The summed E-state index contributed by atoms with van der Waals surface area (Å²) >= 11 is 0. The third-order valence-corrected chi connectivity index (χ3v) is 5.29. The monoisotopic (exact) mass is 292 g/mol.